The van der Waals surface area contributed by atoms with Crippen molar-refractivity contribution < 1.29 is 4.79 Å². The average Bonchev–Trinajstić information content (AvgIpc) is 2.55. The van der Waals surface area contributed by atoms with Gasteiger partial charge in [-0.05, 0) is 48.2 Å². The van der Waals surface area contributed by atoms with Gasteiger partial charge in [-0.15, -0.1) is 0 Å². The summed E-state index contributed by atoms with van der Waals surface area (Å²) in [7, 11) is 0. The molecule has 0 radical (unpaired) electrons. The summed E-state index contributed by atoms with van der Waals surface area (Å²) >= 11 is 0. The Morgan fingerprint density at radius 1 is 1.00 bits per heavy atom. The number of amides is 2. The Labute approximate surface area is 130 Å². The molecule has 0 saturated carbocycles. The van der Waals surface area contributed by atoms with Crippen LogP contribution in [0.5, 0.6) is 0 Å². The first-order valence-corrected chi connectivity index (χ1v) is 7.36. The van der Waals surface area contributed by atoms with E-state index in [4.69, 9.17) is 5.26 Å². The first-order valence-electron chi connectivity index (χ1n) is 7.36. The third-order valence-electron chi connectivity index (χ3n) is 3.51. The summed E-state index contributed by atoms with van der Waals surface area (Å²) in [6, 6.07) is 14.6. The Balaban J connectivity index is 2.13. The number of carbonyl (C=O) groups excluding carboxylic acids is 1. The molecule has 0 aliphatic carbocycles. The summed E-state index contributed by atoms with van der Waals surface area (Å²) in [6.45, 7) is 4.14. The number of carbonyl (C=O) groups is 1. The number of aryl methyl sites for hydroxylation is 2. The van der Waals surface area contributed by atoms with Crippen LogP contribution in [0.25, 0.3) is 0 Å². The van der Waals surface area contributed by atoms with Crippen LogP contribution >= 0.6 is 0 Å². The second-order valence-electron chi connectivity index (χ2n) is 4.93. The van der Waals surface area contributed by atoms with E-state index in [1.54, 1.807) is 24.3 Å². The third-order valence-corrected chi connectivity index (χ3v) is 3.51. The first kappa shape index (κ1) is 15.6. The summed E-state index contributed by atoms with van der Waals surface area (Å²) in [5.41, 5.74) is 4.35. The predicted octanol–water partition coefficient (Wildman–Crippen LogP) is 4.33. The van der Waals surface area contributed by atoms with Gasteiger partial charge in [-0.2, -0.15) is 5.26 Å². The fraction of sp³-hybridized carbons (Fsp3) is 0.222. The largest absolute Gasteiger partial charge is 0.323 e. The van der Waals surface area contributed by atoms with E-state index in [0.717, 1.165) is 29.7 Å². The van der Waals surface area contributed by atoms with Crippen LogP contribution in [0.3, 0.4) is 0 Å². The number of rotatable bonds is 4. The molecule has 4 heteroatoms. The molecule has 2 aromatic rings. The van der Waals surface area contributed by atoms with Gasteiger partial charge < -0.3 is 10.6 Å². The van der Waals surface area contributed by atoms with E-state index in [1.165, 1.54) is 0 Å². The smallest absolute Gasteiger partial charge is 0.308 e. The van der Waals surface area contributed by atoms with Crippen molar-refractivity contribution in [3.05, 3.63) is 59.2 Å². The lowest BCUT2D eigenvalue weighted by Crippen LogP contribution is -2.21. The number of nitrogens with one attached hydrogen (secondary N) is 2. The molecule has 0 aliphatic heterocycles. The highest BCUT2D eigenvalue weighted by molar-refractivity contribution is 6.00. The van der Waals surface area contributed by atoms with Crippen molar-refractivity contribution in [1.29, 1.82) is 5.26 Å². The minimum absolute atomic E-state index is 0.277. The van der Waals surface area contributed by atoms with Crippen LogP contribution in [0.4, 0.5) is 16.2 Å². The number of hydrogen-bond donors (Lipinski definition) is 2. The number of benzene rings is 2. The van der Waals surface area contributed by atoms with Crippen LogP contribution in [-0.4, -0.2) is 6.03 Å². The highest BCUT2D eigenvalue weighted by Crippen LogP contribution is 2.23. The molecule has 0 atom stereocenters. The number of nitriles is 1. The summed E-state index contributed by atoms with van der Waals surface area (Å²) in [6.07, 6.45) is 1.72. The van der Waals surface area contributed by atoms with Gasteiger partial charge in [0.2, 0.25) is 0 Å². The van der Waals surface area contributed by atoms with E-state index < -0.39 is 0 Å². The molecule has 112 valence electrons. The Kier molecular flexibility index (Phi) is 5.16. The number of urea groups is 1. The van der Waals surface area contributed by atoms with E-state index in [0.29, 0.717) is 11.3 Å². The second kappa shape index (κ2) is 7.28. The monoisotopic (exact) mass is 293 g/mol. The quantitative estimate of drug-likeness (QED) is 0.881. The number of para-hydroxylation sites is 1. The van der Waals surface area contributed by atoms with Crippen molar-refractivity contribution in [2.24, 2.45) is 0 Å². The normalized spacial score (nSPS) is 9.86. The van der Waals surface area contributed by atoms with Gasteiger partial charge >= 0.3 is 6.03 Å². The molecule has 2 rings (SSSR count). The second-order valence-corrected chi connectivity index (χ2v) is 4.93. The lowest BCUT2D eigenvalue weighted by Gasteiger charge is -2.15. The van der Waals surface area contributed by atoms with Gasteiger partial charge in [-0.25, -0.2) is 4.79 Å². The Morgan fingerprint density at radius 2 is 1.59 bits per heavy atom. The lowest BCUT2D eigenvalue weighted by atomic mass is 10.0. The van der Waals surface area contributed by atoms with Crippen LogP contribution in [0.2, 0.25) is 0 Å². The number of hydrogen-bond acceptors (Lipinski definition) is 2. The molecule has 0 bridgehead atoms. The number of nitrogens with zero attached hydrogens (tertiary/aromatic N) is 1. The molecule has 2 aromatic carbocycles. The topological polar surface area (TPSA) is 64.9 Å². The molecule has 2 N–H and O–H groups in total. The zero-order valence-corrected chi connectivity index (χ0v) is 12.8. The van der Waals surface area contributed by atoms with Gasteiger partial charge in [-0.1, -0.05) is 32.0 Å². The van der Waals surface area contributed by atoms with Crippen LogP contribution < -0.4 is 10.6 Å². The van der Waals surface area contributed by atoms with E-state index in [2.05, 4.69) is 24.5 Å². The molecule has 0 aromatic heterocycles. The fourth-order valence-electron chi connectivity index (χ4n) is 2.31. The van der Waals surface area contributed by atoms with E-state index >= 15 is 0 Å². The lowest BCUT2D eigenvalue weighted by molar-refractivity contribution is 0.262. The van der Waals surface area contributed by atoms with Gasteiger partial charge in [0, 0.05) is 11.4 Å². The van der Waals surface area contributed by atoms with Crippen molar-refractivity contribution in [1.82, 2.24) is 0 Å². The zero-order chi connectivity index (χ0) is 15.9. The Hall–Kier alpha value is -2.80. The molecule has 0 unspecified atom stereocenters. The van der Waals surface area contributed by atoms with E-state index in [1.807, 2.05) is 24.3 Å². The van der Waals surface area contributed by atoms with Crippen molar-refractivity contribution in [2.75, 3.05) is 10.6 Å². The molecule has 2 amide bonds. The van der Waals surface area contributed by atoms with Crippen LogP contribution in [0.1, 0.15) is 30.5 Å². The Morgan fingerprint density at radius 3 is 2.09 bits per heavy atom. The van der Waals surface area contributed by atoms with Crippen molar-refractivity contribution >= 4 is 17.4 Å². The molecule has 0 heterocycles. The van der Waals surface area contributed by atoms with Crippen LogP contribution in [0.15, 0.2) is 42.5 Å². The molecule has 0 saturated heterocycles. The predicted molar refractivity (Wildman–Crippen MR) is 89.0 cm³/mol. The minimum atomic E-state index is -0.277. The van der Waals surface area contributed by atoms with Crippen molar-refractivity contribution in [3.63, 3.8) is 0 Å². The van der Waals surface area contributed by atoms with Gasteiger partial charge in [-0.3, -0.25) is 0 Å². The van der Waals surface area contributed by atoms with Crippen molar-refractivity contribution in [3.8, 4) is 6.07 Å². The van der Waals surface area contributed by atoms with E-state index in [-0.39, 0.29) is 6.03 Å². The molecular formula is C18H19N3O. The third kappa shape index (κ3) is 3.64. The summed E-state index contributed by atoms with van der Waals surface area (Å²) in [5, 5.41) is 14.5. The zero-order valence-electron chi connectivity index (χ0n) is 12.8. The highest BCUT2D eigenvalue weighted by atomic mass is 16.2. The summed E-state index contributed by atoms with van der Waals surface area (Å²) in [5.74, 6) is 0. The minimum Gasteiger partial charge on any atom is -0.308 e. The highest BCUT2D eigenvalue weighted by Gasteiger charge is 2.10. The maximum absolute atomic E-state index is 12.2. The Bertz CT molecular complexity index is 677. The summed E-state index contributed by atoms with van der Waals surface area (Å²) < 4.78 is 0. The van der Waals surface area contributed by atoms with E-state index in [9.17, 15) is 4.79 Å². The molecule has 4 nitrogen and oxygen atoms in total. The van der Waals surface area contributed by atoms with Gasteiger partial charge in [0.05, 0.1) is 11.6 Å². The van der Waals surface area contributed by atoms with Crippen LogP contribution in [0, 0.1) is 11.3 Å². The van der Waals surface area contributed by atoms with Gasteiger partial charge in [0.1, 0.15) is 0 Å². The first-order chi connectivity index (χ1) is 10.7. The van der Waals surface area contributed by atoms with Gasteiger partial charge in [0.25, 0.3) is 0 Å². The van der Waals surface area contributed by atoms with Crippen molar-refractivity contribution in [2.45, 2.75) is 26.7 Å². The molecule has 22 heavy (non-hydrogen) atoms. The number of anilines is 2. The molecule has 0 aliphatic rings. The average molecular weight is 293 g/mol. The van der Waals surface area contributed by atoms with Crippen LogP contribution in [-0.2, 0) is 12.8 Å². The van der Waals surface area contributed by atoms with Gasteiger partial charge in [0.15, 0.2) is 0 Å². The molecular weight excluding hydrogens is 274 g/mol. The maximum Gasteiger partial charge on any atom is 0.323 e. The molecule has 0 fully saturated rings. The summed E-state index contributed by atoms with van der Waals surface area (Å²) in [4.78, 5) is 12.2. The molecule has 0 spiro atoms. The fourth-order valence-corrected chi connectivity index (χ4v) is 2.31. The SMILES string of the molecule is CCc1cccc(CC)c1NC(=O)Nc1ccc(C#N)cc1. The maximum atomic E-state index is 12.2. The standard InChI is InChI=1S/C18H19N3O/c1-3-14-6-5-7-15(4-2)17(14)21-18(22)20-16-10-8-13(12-19)9-11-16/h5-11H,3-4H2,1-2H3,(H2,20,21,22).